The van der Waals surface area contributed by atoms with E-state index in [0.29, 0.717) is 6.54 Å². The summed E-state index contributed by atoms with van der Waals surface area (Å²) in [6, 6.07) is 9.90. The van der Waals surface area contributed by atoms with E-state index >= 15 is 0 Å². The van der Waals surface area contributed by atoms with Crippen LogP contribution in [0.1, 0.15) is 12.5 Å². The number of rotatable bonds is 2. The van der Waals surface area contributed by atoms with Crippen molar-refractivity contribution >= 4 is 5.97 Å². The first kappa shape index (κ1) is 10.4. The minimum absolute atomic E-state index is 0.185. The van der Waals surface area contributed by atoms with Crippen molar-refractivity contribution in [3.8, 4) is 0 Å². The SMILES string of the molecule is COC(=O)[C@H]1[C@@]2(C)CN=N[C@@]12c1ccccc1. The van der Waals surface area contributed by atoms with Gasteiger partial charge in [-0.15, -0.1) is 0 Å². The molecule has 1 saturated carbocycles. The van der Waals surface area contributed by atoms with E-state index in [0.717, 1.165) is 5.56 Å². The van der Waals surface area contributed by atoms with E-state index in [1.807, 2.05) is 30.3 Å². The molecule has 1 aliphatic heterocycles. The second kappa shape index (κ2) is 3.15. The summed E-state index contributed by atoms with van der Waals surface area (Å²) in [6.07, 6.45) is 0. The van der Waals surface area contributed by atoms with E-state index in [2.05, 4.69) is 17.2 Å². The van der Waals surface area contributed by atoms with E-state index in [9.17, 15) is 4.79 Å². The first-order valence-electron chi connectivity index (χ1n) is 5.69. The lowest BCUT2D eigenvalue weighted by atomic mass is 9.97. The third kappa shape index (κ3) is 1.05. The zero-order valence-electron chi connectivity index (χ0n) is 9.88. The molecule has 1 fully saturated rings. The molecule has 0 spiro atoms. The first-order valence-corrected chi connectivity index (χ1v) is 5.69. The van der Waals surface area contributed by atoms with Gasteiger partial charge in [0.1, 0.15) is 5.54 Å². The Morgan fingerprint density at radius 2 is 2.12 bits per heavy atom. The fraction of sp³-hybridized carbons (Fsp3) is 0.462. The van der Waals surface area contributed by atoms with Gasteiger partial charge in [-0.1, -0.05) is 37.3 Å². The minimum Gasteiger partial charge on any atom is -0.469 e. The molecule has 4 heteroatoms. The standard InChI is InChI=1S/C13H14N2O2/c1-12-8-14-15-13(12,10(12)11(16)17-2)9-6-4-3-5-7-9/h3-7,10H,8H2,1-2H3/t10-,12+,13-/m0/s1. The monoisotopic (exact) mass is 230 g/mol. The number of esters is 1. The maximum Gasteiger partial charge on any atom is 0.312 e. The Hall–Kier alpha value is -1.71. The van der Waals surface area contributed by atoms with Crippen LogP contribution in [0.25, 0.3) is 0 Å². The molecule has 3 rings (SSSR count). The van der Waals surface area contributed by atoms with Crippen LogP contribution in [0.5, 0.6) is 0 Å². The highest BCUT2D eigenvalue weighted by Crippen LogP contribution is 2.73. The van der Waals surface area contributed by atoms with Gasteiger partial charge < -0.3 is 4.74 Å². The van der Waals surface area contributed by atoms with Gasteiger partial charge in [0, 0.05) is 5.41 Å². The predicted octanol–water partition coefficient (Wildman–Crippen LogP) is 2.16. The zero-order valence-corrected chi connectivity index (χ0v) is 9.88. The van der Waals surface area contributed by atoms with Crippen LogP contribution in [-0.4, -0.2) is 19.6 Å². The maximum absolute atomic E-state index is 11.8. The topological polar surface area (TPSA) is 51.0 Å². The summed E-state index contributed by atoms with van der Waals surface area (Å²) < 4.78 is 4.88. The summed E-state index contributed by atoms with van der Waals surface area (Å²) in [7, 11) is 1.43. The highest BCUT2D eigenvalue weighted by atomic mass is 16.5. The van der Waals surface area contributed by atoms with Crippen LogP contribution in [0.3, 0.4) is 0 Å². The van der Waals surface area contributed by atoms with Crippen LogP contribution in [0.4, 0.5) is 0 Å². The third-order valence-electron chi connectivity index (χ3n) is 4.12. The number of azo groups is 1. The van der Waals surface area contributed by atoms with Crippen molar-refractivity contribution in [1.82, 2.24) is 0 Å². The van der Waals surface area contributed by atoms with E-state index in [-0.39, 0.29) is 17.3 Å². The Bertz CT molecular complexity index is 499. The van der Waals surface area contributed by atoms with Gasteiger partial charge in [0.25, 0.3) is 0 Å². The molecule has 88 valence electrons. The van der Waals surface area contributed by atoms with Crippen LogP contribution in [0, 0.1) is 11.3 Å². The second-order valence-electron chi connectivity index (χ2n) is 4.91. The molecule has 0 saturated heterocycles. The van der Waals surface area contributed by atoms with Crippen molar-refractivity contribution in [2.24, 2.45) is 21.6 Å². The molecule has 0 aromatic heterocycles. The summed E-state index contributed by atoms with van der Waals surface area (Å²) >= 11 is 0. The van der Waals surface area contributed by atoms with Gasteiger partial charge in [0.15, 0.2) is 0 Å². The molecular formula is C13H14N2O2. The Balaban J connectivity index is 2.08. The molecule has 1 aliphatic carbocycles. The summed E-state index contributed by atoms with van der Waals surface area (Å²) in [4.78, 5) is 11.8. The largest absolute Gasteiger partial charge is 0.469 e. The molecule has 1 aromatic carbocycles. The van der Waals surface area contributed by atoms with Crippen LogP contribution < -0.4 is 0 Å². The van der Waals surface area contributed by atoms with Crippen molar-refractivity contribution in [2.45, 2.75) is 12.5 Å². The van der Waals surface area contributed by atoms with Gasteiger partial charge >= 0.3 is 5.97 Å². The zero-order chi connectivity index (χ0) is 12.1. The highest BCUT2D eigenvalue weighted by Gasteiger charge is 2.81. The van der Waals surface area contributed by atoms with Crippen molar-refractivity contribution in [3.05, 3.63) is 35.9 Å². The number of carbonyl (C=O) groups excluding carboxylic acids is 1. The number of hydrogen-bond donors (Lipinski definition) is 0. The molecular weight excluding hydrogens is 216 g/mol. The van der Waals surface area contributed by atoms with Crippen LogP contribution in [0.2, 0.25) is 0 Å². The van der Waals surface area contributed by atoms with Gasteiger partial charge in [-0.3, -0.25) is 4.79 Å². The molecule has 4 nitrogen and oxygen atoms in total. The van der Waals surface area contributed by atoms with Gasteiger partial charge in [0.05, 0.1) is 19.6 Å². The predicted molar refractivity (Wildman–Crippen MR) is 61.5 cm³/mol. The highest BCUT2D eigenvalue weighted by molar-refractivity contribution is 5.82. The fourth-order valence-electron chi connectivity index (χ4n) is 3.13. The molecule has 1 aromatic rings. The van der Waals surface area contributed by atoms with Gasteiger partial charge in [-0.25, -0.2) is 0 Å². The molecule has 17 heavy (non-hydrogen) atoms. The lowest BCUT2D eigenvalue weighted by Crippen LogP contribution is -2.14. The van der Waals surface area contributed by atoms with Crippen LogP contribution in [0.15, 0.2) is 40.6 Å². The van der Waals surface area contributed by atoms with Crippen molar-refractivity contribution in [3.63, 3.8) is 0 Å². The quantitative estimate of drug-likeness (QED) is 0.731. The number of fused-ring (bicyclic) bond motifs is 1. The molecule has 2 aliphatic rings. The molecule has 1 heterocycles. The fourth-order valence-corrected chi connectivity index (χ4v) is 3.13. The lowest BCUT2D eigenvalue weighted by molar-refractivity contribution is -0.143. The number of carbonyl (C=O) groups is 1. The van der Waals surface area contributed by atoms with Crippen molar-refractivity contribution < 1.29 is 9.53 Å². The summed E-state index contributed by atoms with van der Waals surface area (Å²) in [5.74, 6) is -0.380. The molecule has 0 unspecified atom stereocenters. The molecule has 0 amide bonds. The molecule has 0 bridgehead atoms. The number of methoxy groups -OCH3 is 1. The first-order chi connectivity index (χ1) is 8.17. The van der Waals surface area contributed by atoms with Crippen molar-refractivity contribution in [2.75, 3.05) is 13.7 Å². The van der Waals surface area contributed by atoms with Crippen LogP contribution in [-0.2, 0) is 15.1 Å². The Morgan fingerprint density at radius 3 is 2.76 bits per heavy atom. The smallest absolute Gasteiger partial charge is 0.312 e. The molecule has 0 radical (unpaired) electrons. The minimum atomic E-state index is -0.485. The number of benzene rings is 1. The number of nitrogens with zero attached hydrogens (tertiary/aromatic N) is 2. The Morgan fingerprint density at radius 1 is 1.41 bits per heavy atom. The molecule has 0 N–H and O–H groups in total. The van der Waals surface area contributed by atoms with Crippen LogP contribution >= 0.6 is 0 Å². The average molecular weight is 230 g/mol. The molecule has 3 atom stereocenters. The van der Waals surface area contributed by atoms with Crippen molar-refractivity contribution in [1.29, 1.82) is 0 Å². The van der Waals surface area contributed by atoms with E-state index < -0.39 is 5.54 Å². The van der Waals surface area contributed by atoms with E-state index in [1.165, 1.54) is 7.11 Å². The van der Waals surface area contributed by atoms with E-state index in [4.69, 9.17) is 4.74 Å². The third-order valence-corrected chi connectivity index (χ3v) is 4.12. The number of ether oxygens (including phenoxy) is 1. The van der Waals surface area contributed by atoms with E-state index in [1.54, 1.807) is 0 Å². The Labute approximate surface area is 99.7 Å². The van der Waals surface area contributed by atoms with Gasteiger partial charge in [-0.2, -0.15) is 10.2 Å². The lowest BCUT2D eigenvalue weighted by Gasteiger charge is -2.10. The normalized spacial score (nSPS) is 37.6. The summed E-state index contributed by atoms with van der Waals surface area (Å²) in [5.41, 5.74) is 0.363. The maximum atomic E-state index is 11.8. The van der Waals surface area contributed by atoms with Gasteiger partial charge in [0.2, 0.25) is 0 Å². The second-order valence-corrected chi connectivity index (χ2v) is 4.91. The number of hydrogen-bond acceptors (Lipinski definition) is 4. The average Bonchev–Trinajstić information content (AvgIpc) is 2.72. The Kier molecular flexibility index (Phi) is 1.94. The van der Waals surface area contributed by atoms with Gasteiger partial charge in [-0.05, 0) is 5.56 Å². The summed E-state index contributed by atoms with van der Waals surface area (Å²) in [5, 5.41) is 8.48. The summed E-state index contributed by atoms with van der Waals surface area (Å²) in [6.45, 7) is 2.66.